The van der Waals surface area contributed by atoms with E-state index in [-0.39, 0.29) is 37.9 Å². The van der Waals surface area contributed by atoms with E-state index in [4.69, 9.17) is 9.47 Å². The molecule has 0 aromatic heterocycles. The van der Waals surface area contributed by atoms with Crippen molar-refractivity contribution in [3.63, 3.8) is 0 Å². The third kappa shape index (κ3) is 14.5. The molecule has 0 saturated heterocycles. The molecular formula is C40H49N2O10+. The summed E-state index contributed by atoms with van der Waals surface area (Å²) in [6.45, 7) is 10.3. The Kier molecular flexibility index (Phi) is 18.5. The number of aliphatic imine (C=N–C) groups is 1. The van der Waals surface area contributed by atoms with Crippen LogP contribution in [0.5, 0.6) is 0 Å². The molecule has 2 fully saturated rings. The van der Waals surface area contributed by atoms with Gasteiger partial charge in [-0.15, -0.1) is 0 Å². The Labute approximate surface area is 305 Å². The zero-order valence-electron chi connectivity index (χ0n) is 30.0. The normalized spacial score (nSPS) is 16.9. The van der Waals surface area contributed by atoms with E-state index in [9.17, 15) is 33.9 Å². The van der Waals surface area contributed by atoms with Crippen molar-refractivity contribution in [3.8, 4) is 0 Å². The lowest BCUT2D eigenvalue weighted by atomic mass is 9.79. The number of carbonyl (C=O) groups is 5. The number of hydrogen-bond acceptors (Lipinski definition) is 11. The molecule has 0 spiro atoms. The lowest BCUT2D eigenvalue weighted by Gasteiger charge is -2.35. The van der Waals surface area contributed by atoms with Crippen LogP contribution in [0.2, 0.25) is 0 Å². The highest BCUT2D eigenvalue weighted by molar-refractivity contribution is 6.03. The number of esters is 2. The first-order valence-corrected chi connectivity index (χ1v) is 17.2. The molecule has 1 amide bonds. The second kappa shape index (κ2) is 22.5. The van der Waals surface area contributed by atoms with Gasteiger partial charge in [0.15, 0.2) is 17.0 Å². The maximum absolute atomic E-state index is 13.0. The number of aliphatic hydroxyl groups is 1. The van der Waals surface area contributed by atoms with Crippen LogP contribution in [0.25, 0.3) is 0 Å². The van der Waals surface area contributed by atoms with E-state index in [0.29, 0.717) is 48.0 Å². The molecule has 2 N–H and O–H groups in total. The van der Waals surface area contributed by atoms with Gasteiger partial charge in [-0.2, -0.15) is 0 Å². The van der Waals surface area contributed by atoms with Gasteiger partial charge >= 0.3 is 18.0 Å². The summed E-state index contributed by atoms with van der Waals surface area (Å²) in [6, 6.07) is 17.9. The average molecular weight is 718 g/mol. The molecule has 2 aromatic rings. The van der Waals surface area contributed by atoms with Crippen LogP contribution in [0.4, 0.5) is 4.79 Å². The van der Waals surface area contributed by atoms with E-state index in [0.717, 1.165) is 32.1 Å². The number of nitrogens with one attached hydrogen (secondary N) is 1. The molecule has 2 aromatic carbocycles. The van der Waals surface area contributed by atoms with Gasteiger partial charge in [0.2, 0.25) is 11.9 Å². The molecule has 2 aliphatic carbocycles. The van der Waals surface area contributed by atoms with E-state index in [1.54, 1.807) is 50.2 Å². The Hall–Kier alpha value is -5.32. The maximum atomic E-state index is 13.0. The first-order valence-electron chi connectivity index (χ1n) is 17.2. The van der Waals surface area contributed by atoms with E-state index in [1.165, 1.54) is 6.08 Å². The van der Waals surface area contributed by atoms with Crippen LogP contribution < -0.4 is 5.32 Å². The molecule has 0 heterocycles. The topological polar surface area (TPSA) is 175 Å². The van der Waals surface area contributed by atoms with Gasteiger partial charge in [0, 0.05) is 22.3 Å². The van der Waals surface area contributed by atoms with Crippen molar-refractivity contribution in [2.45, 2.75) is 82.8 Å². The SMILES string of the molecule is C=C(C)C(=O)OCCN=C=O.C=C(C)C(=O)OCCNC(=O)OC1(C(=O)c2ccccc2)CCCCC1.O=C(c1ccccc1)C1(O)C[CH+]CCC1. The fourth-order valence-electron chi connectivity index (χ4n) is 5.38. The van der Waals surface area contributed by atoms with Gasteiger partial charge in [-0.25, -0.2) is 24.2 Å². The Bertz CT molecular complexity index is 1550. The molecule has 1 atom stereocenters. The quantitative estimate of drug-likeness (QED) is 0.0353. The largest absolute Gasteiger partial charge is 0.460 e. The van der Waals surface area contributed by atoms with Crippen LogP contribution in [0.3, 0.4) is 0 Å². The number of nitrogens with zero attached hydrogens (tertiary/aromatic N) is 1. The zero-order chi connectivity index (χ0) is 38.4. The molecule has 2 saturated carbocycles. The summed E-state index contributed by atoms with van der Waals surface area (Å²) in [7, 11) is 0. The minimum absolute atomic E-state index is 0.0143. The first-order chi connectivity index (χ1) is 24.8. The van der Waals surface area contributed by atoms with Crippen LogP contribution in [-0.4, -0.2) is 78.3 Å². The Morgan fingerprint density at radius 2 is 1.35 bits per heavy atom. The number of carbonyl (C=O) groups excluding carboxylic acids is 6. The summed E-state index contributed by atoms with van der Waals surface area (Å²) in [5.41, 5.74) is -0.507. The second-order valence-electron chi connectivity index (χ2n) is 12.5. The molecule has 0 aliphatic heterocycles. The van der Waals surface area contributed by atoms with Gasteiger partial charge in [0.1, 0.15) is 19.6 Å². The number of amides is 1. The second-order valence-corrected chi connectivity index (χ2v) is 12.5. The lowest BCUT2D eigenvalue weighted by molar-refractivity contribution is -0.139. The van der Waals surface area contributed by atoms with E-state index < -0.39 is 29.2 Å². The van der Waals surface area contributed by atoms with Crippen molar-refractivity contribution in [2.24, 2.45) is 4.99 Å². The number of rotatable bonds is 13. The molecule has 52 heavy (non-hydrogen) atoms. The Morgan fingerprint density at radius 3 is 1.85 bits per heavy atom. The predicted molar refractivity (Wildman–Crippen MR) is 194 cm³/mol. The van der Waals surface area contributed by atoms with Crippen LogP contribution >= 0.6 is 0 Å². The van der Waals surface area contributed by atoms with Crippen molar-refractivity contribution in [1.29, 1.82) is 0 Å². The lowest BCUT2D eigenvalue weighted by Crippen LogP contribution is -2.47. The summed E-state index contributed by atoms with van der Waals surface area (Å²) in [5.74, 6) is -1.28. The van der Waals surface area contributed by atoms with Crippen LogP contribution in [0.15, 0.2) is 90.0 Å². The molecule has 0 radical (unpaired) electrons. The summed E-state index contributed by atoms with van der Waals surface area (Å²) in [5, 5.41) is 12.7. The highest BCUT2D eigenvalue weighted by Crippen LogP contribution is 2.35. The molecule has 1 unspecified atom stereocenters. The summed E-state index contributed by atoms with van der Waals surface area (Å²) >= 11 is 0. The molecule has 12 nitrogen and oxygen atoms in total. The van der Waals surface area contributed by atoms with Gasteiger partial charge in [-0.3, -0.25) is 9.59 Å². The zero-order valence-corrected chi connectivity index (χ0v) is 30.0. The number of alkyl carbamates (subject to hydrolysis) is 1. The number of Topliss-reactive ketones (excluding diaryl/α,β-unsaturated/α-hetero) is 2. The molecule has 4 rings (SSSR count). The smallest absolute Gasteiger partial charge is 0.408 e. The van der Waals surface area contributed by atoms with Crippen LogP contribution in [0.1, 0.15) is 92.4 Å². The fraction of sp³-hybridized carbons (Fsp3) is 0.425. The third-order valence-corrected chi connectivity index (χ3v) is 8.14. The predicted octanol–water partition coefficient (Wildman–Crippen LogP) is 6.24. The molecule has 0 bridgehead atoms. The first kappa shape index (κ1) is 42.8. The number of ketones is 2. The molecule has 278 valence electrons. The number of isocyanates is 1. The van der Waals surface area contributed by atoms with Crippen LogP contribution in [-0.2, 0) is 28.6 Å². The molecule has 12 heteroatoms. The van der Waals surface area contributed by atoms with Gasteiger partial charge < -0.3 is 24.6 Å². The van der Waals surface area contributed by atoms with E-state index in [2.05, 4.69) is 28.2 Å². The van der Waals surface area contributed by atoms with Crippen molar-refractivity contribution >= 4 is 35.7 Å². The molecule has 2 aliphatic rings. The van der Waals surface area contributed by atoms with E-state index in [1.807, 2.05) is 30.7 Å². The average Bonchev–Trinajstić information content (AvgIpc) is 3.16. The van der Waals surface area contributed by atoms with Crippen molar-refractivity contribution < 1.29 is 48.1 Å². The van der Waals surface area contributed by atoms with Gasteiger partial charge in [0.05, 0.1) is 25.9 Å². The summed E-state index contributed by atoms with van der Waals surface area (Å²) in [4.78, 5) is 71.9. The Balaban J connectivity index is 0.000000303. The van der Waals surface area contributed by atoms with Crippen LogP contribution in [0, 0.1) is 6.42 Å². The minimum Gasteiger partial charge on any atom is -0.460 e. The van der Waals surface area contributed by atoms with E-state index >= 15 is 0 Å². The van der Waals surface area contributed by atoms with Crippen molar-refractivity contribution in [1.82, 2.24) is 5.32 Å². The third-order valence-electron chi connectivity index (χ3n) is 8.14. The summed E-state index contributed by atoms with van der Waals surface area (Å²) in [6.07, 6.45) is 9.34. The standard InChI is InChI=1S/C20H25NO5.C13H15O2.C7H9NO3/c1-15(2)18(23)25-14-13-21-19(24)26-20(11-7-4-8-12-20)17(22)16-9-5-3-6-10-16;14-12(11-7-3-1-4-8-11)13(15)9-5-2-6-10-13;1-6(2)7(10)11-4-3-8-5-9/h3,5-6,9-10H,1,4,7-8,11-14H2,2H3,(H,21,24);1,3-5,7-8,15H,2,6,9-10H2;1,3-4H2,2H3/q;+1;. The molecular weight excluding hydrogens is 668 g/mol. The Morgan fingerprint density at radius 1 is 0.808 bits per heavy atom. The van der Waals surface area contributed by atoms with Gasteiger partial charge in [0.25, 0.3) is 0 Å². The number of ether oxygens (including phenoxy) is 3. The van der Waals surface area contributed by atoms with Gasteiger partial charge in [-0.1, -0.05) is 80.2 Å². The summed E-state index contributed by atoms with van der Waals surface area (Å²) < 4.78 is 15.1. The number of benzene rings is 2. The van der Waals surface area contributed by atoms with Crippen molar-refractivity contribution in [3.05, 3.63) is 103 Å². The van der Waals surface area contributed by atoms with Crippen molar-refractivity contribution in [2.75, 3.05) is 26.3 Å². The van der Waals surface area contributed by atoms with Gasteiger partial charge in [-0.05, 0) is 52.4 Å². The fourth-order valence-corrected chi connectivity index (χ4v) is 5.38. The monoisotopic (exact) mass is 717 g/mol. The highest BCUT2D eigenvalue weighted by atomic mass is 16.6. The maximum Gasteiger partial charge on any atom is 0.408 e. The highest BCUT2D eigenvalue weighted by Gasteiger charge is 2.44. The number of hydrogen-bond donors (Lipinski definition) is 2. The minimum atomic E-state index is -1.15.